The summed E-state index contributed by atoms with van der Waals surface area (Å²) in [6.45, 7) is 32.4. The van der Waals surface area contributed by atoms with E-state index in [4.69, 9.17) is 8.85 Å². The lowest BCUT2D eigenvalue weighted by molar-refractivity contribution is 0.0734. The van der Waals surface area contributed by atoms with Crippen LogP contribution in [0.15, 0.2) is 35.5 Å². The van der Waals surface area contributed by atoms with Gasteiger partial charge in [0.2, 0.25) is 0 Å². The molecule has 3 saturated carbocycles. The van der Waals surface area contributed by atoms with Gasteiger partial charge < -0.3 is 14.0 Å². The molecule has 6 atom stereocenters. The van der Waals surface area contributed by atoms with Crippen molar-refractivity contribution in [2.75, 3.05) is 0 Å². The van der Waals surface area contributed by atoms with Crippen molar-refractivity contribution in [2.24, 2.45) is 23.2 Å². The van der Waals surface area contributed by atoms with Crippen LogP contribution >= 0.6 is 0 Å². The molecule has 0 aromatic carbocycles. The Labute approximate surface area is 256 Å². The molecular formula is C36H66O3Si2. The average molecular weight is 603 g/mol. The predicted molar refractivity (Wildman–Crippen MR) is 182 cm³/mol. The normalized spacial score (nSPS) is 33.0. The molecule has 3 aliphatic rings. The van der Waals surface area contributed by atoms with Gasteiger partial charge in [-0.05, 0) is 131 Å². The first-order valence-electron chi connectivity index (χ1n) is 16.8. The largest absolute Gasteiger partial charge is 0.413 e. The zero-order valence-electron chi connectivity index (χ0n) is 29.1. The fourth-order valence-electron chi connectivity index (χ4n) is 8.28. The van der Waals surface area contributed by atoms with Gasteiger partial charge in [-0.1, -0.05) is 71.8 Å². The first kappa shape index (κ1) is 35.0. The van der Waals surface area contributed by atoms with Crippen molar-refractivity contribution in [2.45, 2.75) is 168 Å². The SMILES string of the molecule is C=C1/C(=C/C=C2\CCC[C@]3(C)[C@@H]([C@@H](C)CCCC(C)(C)O[Si](C)(C)C)CC[C@@H]23)C[C@@H](O[Si](C)(C)C(C)(C)C)C[C@@H]1O. The second kappa shape index (κ2) is 12.9. The molecule has 0 bridgehead atoms. The van der Waals surface area contributed by atoms with Crippen LogP contribution in [0.2, 0.25) is 37.8 Å². The molecule has 5 heteroatoms. The maximum atomic E-state index is 10.9. The van der Waals surface area contributed by atoms with E-state index in [1.807, 2.05) is 0 Å². The molecular weight excluding hydrogens is 537 g/mol. The molecule has 0 spiro atoms. The summed E-state index contributed by atoms with van der Waals surface area (Å²) >= 11 is 0. The molecule has 3 rings (SSSR count). The Morgan fingerprint density at radius 1 is 1.07 bits per heavy atom. The highest BCUT2D eigenvalue weighted by atomic mass is 28.4. The molecule has 3 nitrogen and oxygen atoms in total. The Bertz CT molecular complexity index is 980. The van der Waals surface area contributed by atoms with E-state index in [0.717, 1.165) is 30.3 Å². The molecule has 0 aliphatic heterocycles. The van der Waals surface area contributed by atoms with Gasteiger partial charge in [-0.3, -0.25) is 0 Å². The van der Waals surface area contributed by atoms with Crippen molar-refractivity contribution in [3.8, 4) is 0 Å². The minimum atomic E-state index is -1.89. The summed E-state index contributed by atoms with van der Waals surface area (Å²) in [5.74, 6) is 2.25. The van der Waals surface area contributed by atoms with Gasteiger partial charge in [-0.25, -0.2) is 0 Å². The molecule has 0 radical (unpaired) electrons. The number of rotatable bonds is 10. The van der Waals surface area contributed by atoms with Gasteiger partial charge in [-0.15, -0.1) is 0 Å². The fourth-order valence-corrected chi connectivity index (χ4v) is 11.4. The maximum absolute atomic E-state index is 10.9. The summed E-state index contributed by atoms with van der Waals surface area (Å²) < 4.78 is 13.2. The molecule has 0 heterocycles. The number of fused-ring (bicyclic) bond motifs is 1. The highest BCUT2D eigenvalue weighted by molar-refractivity contribution is 6.74. The number of hydrogen-bond acceptors (Lipinski definition) is 3. The van der Waals surface area contributed by atoms with E-state index >= 15 is 0 Å². The van der Waals surface area contributed by atoms with Gasteiger partial charge in [0.15, 0.2) is 16.6 Å². The standard InChI is InChI=1S/C36H66O3Si2/c1-26(16-14-22-35(6,7)39-40(9,10)11)31-20-21-32-28(17-15-23-36(31,32)8)18-19-29-24-30(25-33(37)27(29)2)38-41(12,13)34(3,4)5/h18-19,26,30-33,37H,2,14-17,20-25H2,1,3-13H3/b28-18+,29-19+/t26-,30+,31+,32-,33-,36+/m0/s1. The molecule has 236 valence electrons. The molecule has 0 saturated heterocycles. The molecule has 0 aromatic heterocycles. The molecule has 0 unspecified atom stereocenters. The minimum absolute atomic E-state index is 0.00795. The van der Waals surface area contributed by atoms with E-state index in [2.05, 4.69) is 99.9 Å². The van der Waals surface area contributed by atoms with Gasteiger partial charge in [-0.2, -0.15) is 0 Å². The van der Waals surface area contributed by atoms with Crippen LogP contribution in [0.4, 0.5) is 0 Å². The number of aliphatic hydroxyl groups excluding tert-OH is 1. The van der Waals surface area contributed by atoms with Gasteiger partial charge in [0.1, 0.15) is 0 Å². The summed E-state index contributed by atoms with van der Waals surface area (Å²) in [6, 6.07) is 0. The lowest BCUT2D eigenvalue weighted by atomic mass is 9.60. The van der Waals surface area contributed by atoms with Gasteiger partial charge in [0.05, 0.1) is 17.8 Å². The summed E-state index contributed by atoms with van der Waals surface area (Å²) in [5, 5.41) is 11.1. The van der Waals surface area contributed by atoms with Crippen LogP contribution in [0.3, 0.4) is 0 Å². The summed E-state index contributed by atoms with van der Waals surface area (Å²) in [6.07, 6.45) is 16.1. The zero-order chi connectivity index (χ0) is 31.0. The quantitative estimate of drug-likeness (QED) is 0.253. The molecule has 0 aromatic rings. The monoisotopic (exact) mass is 602 g/mol. The van der Waals surface area contributed by atoms with Crippen molar-refractivity contribution in [1.82, 2.24) is 0 Å². The van der Waals surface area contributed by atoms with Gasteiger partial charge in [0, 0.05) is 6.42 Å². The summed E-state index contributed by atoms with van der Waals surface area (Å²) in [4.78, 5) is 0. The number of aliphatic hydroxyl groups is 1. The Hall–Kier alpha value is -0.466. The lowest BCUT2D eigenvalue weighted by Crippen LogP contribution is -2.46. The Balaban J connectivity index is 1.68. The van der Waals surface area contributed by atoms with Crippen molar-refractivity contribution < 1.29 is 14.0 Å². The maximum Gasteiger partial charge on any atom is 0.192 e. The van der Waals surface area contributed by atoms with Gasteiger partial charge >= 0.3 is 0 Å². The third-order valence-corrected chi connectivity index (χ3v) is 17.0. The molecule has 3 aliphatic carbocycles. The second-order valence-electron chi connectivity index (χ2n) is 17.4. The molecule has 3 fully saturated rings. The Morgan fingerprint density at radius 3 is 2.34 bits per heavy atom. The van der Waals surface area contributed by atoms with Gasteiger partial charge in [0.25, 0.3) is 0 Å². The van der Waals surface area contributed by atoms with E-state index in [1.54, 1.807) is 5.57 Å². The van der Waals surface area contributed by atoms with E-state index < -0.39 is 22.7 Å². The highest BCUT2D eigenvalue weighted by Crippen LogP contribution is 2.60. The fraction of sp³-hybridized carbons (Fsp3) is 0.833. The molecule has 1 N–H and O–H groups in total. The van der Waals surface area contributed by atoms with E-state index in [9.17, 15) is 5.11 Å². The predicted octanol–water partition coefficient (Wildman–Crippen LogP) is 10.6. The van der Waals surface area contributed by atoms with E-state index in [-0.39, 0.29) is 16.7 Å². The zero-order valence-corrected chi connectivity index (χ0v) is 31.1. The van der Waals surface area contributed by atoms with Crippen LogP contribution < -0.4 is 0 Å². The third-order valence-electron chi connectivity index (χ3n) is 11.3. The first-order chi connectivity index (χ1) is 18.7. The van der Waals surface area contributed by atoms with Crippen molar-refractivity contribution in [3.05, 3.63) is 35.5 Å². The van der Waals surface area contributed by atoms with Crippen molar-refractivity contribution >= 4 is 16.6 Å². The molecule has 0 amide bonds. The van der Waals surface area contributed by atoms with Crippen LogP contribution in [0, 0.1) is 23.2 Å². The third kappa shape index (κ3) is 8.80. The minimum Gasteiger partial charge on any atom is -0.413 e. The van der Waals surface area contributed by atoms with Crippen LogP contribution in [0.25, 0.3) is 0 Å². The second-order valence-corrected chi connectivity index (χ2v) is 26.5. The van der Waals surface area contributed by atoms with E-state index in [1.165, 1.54) is 50.5 Å². The molecule has 41 heavy (non-hydrogen) atoms. The summed E-state index contributed by atoms with van der Waals surface area (Å²) in [5.41, 5.74) is 4.13. The Morgan fingerprint density at radius 2 is 1.73 bits per heavy atom. The average Bonchev–Trinajstić information content (AvgIpc) is 3.15. The van der Waals surface area contributed by atoms with Crippen molar-refractivity contribution in [1.29, 1.82) is 0 Å². The summed E-state index contributed by atoms with van der Waals surface area (Å²) in [7, 11) is -3.42. The lowest BCUT2D eigenvalue weighted by Gasteiger charge is -2.44. The van der Waals surface area contributed by atoms with Crippen LogP contribution in [0.1, 0.15) is 113 Å². The highest BCUT2D eigenvalue weighted by Gasteiger charge is 2.50. The van der Waals surface area contributed by atoms with Crippen LogP contribution in [-0.4, -0.2) is 39.6 Å². The van der Waals surface area contributed by atoms with Crippen LogP contribution in [0.5, 0.6) is 0 Å². The smallest absolute Gasteiger partial charge is 0.192 e. The topological polar surface area (TPSA) is 38.7 Å². The Kier molecular flexibility index (Phi) is 11.0. The first-order valence-corrected chi connectivity index (χ1v) is 23.1. The number of hydrogen-bond donors (Lipinski definition) is 1. The van der Waals surface area contributed by atoms with Crippen molar-refractivity contribution in [3.63, 3.8) is 0 Å². The van der Waals surface area contributed by atoms with Crippen LogP contribution in [-0.2, 0) is 8.85 Å². The number of allylic oxidation sites excluding steroid dienone is 3. The van der Waals surface area contributed by atoms with E-state index in [0.29, 0.717) is 17.8 Å².